The van der Waals surface area contributed by atoms with Crippen LogP contribution in [-0.2, 0) is 5.41 Å². The van der Waals surface area contributed by atoms with Crippen LogP contribution >= 0.6 is 0 Å². The lowest BCUT2D eigenvalue weighted by Gasteiger charge is -2.37. The first-order chi connectivity index (χ1) is 22.2. The highest BCUT2D eigenvalue weighted by molar-refractivity contribution is 5.74. The molecule has 0 aliphatic heterocycles. The minimum atomic E-state index is -0.188. The molecule has 1 aliphatic carbocycles. The summed E-state index contributed by atoms with van der Waals surface area (Å²) in [6, 6.07) is 34.5. The third kappa shape index (κ3) is 8.56. The molecule has 0 aromatic heterocycles. The van der Waals surface area contributed by atoms with Crippen LogP contribution in [0.4, 0.5) is 0 Å². The van der Waals surface area contributed by atoms with Crippen LogP contribution in [0.3, 0.4) is 0 Å². The van der Waals surface area contributed by atoms with Gasteiger partial charge in [-0.15, -0.1) is 0 Å². The smallest absolute Gasteiger partial charge is 0.127 e. The molecule has 0 bridgehead atoms. The first-order valence-corrected chi connectivity index (χ1v) is 17.1. The third-order valence-electron chi connectivity index (χ3n) is 9.39. The molecule has 0 saturated heterocycles. The summed E-state index contributed by atoms with van der Waals surface area (Å²) in [6.45, 7) is 0.486. The van der Waals surface area contributed by atoms with Crippen LogP contribution in [-0.4, -0.2) is 36.6 Å². The number of hydrogen-bond acceptors (Lipinski definition) is 4. The lowest BCUT2D eigenvalue weighted by molar-refractivity contribution is 0.202. The van der Waals surface area contributed by atoms with Crippen molar-refractivity contribution in [3.8, 4) is 33.8 Å². The number of aliphatic hydroxyl groups is 2. The Balaban J connectivity index is 1.68. The highest BCUT2D eigenvalue weighted by atomic mass is 16.5. The molecular weight excluding hydrogens is 556 g/mol. The van der Waals surface area contributed by atoms with E-state index < -0.39 is 0 Å². The molecule has 0 unspecified atom stereocenters. The summed E-state index contributed by atoms with van der Waals surface area (Å²) in [4.78, 5) is 0. The van der Waals surface area contributed by atoms with Gasteiger partial charge in [-0.2, -0.15) is 0 Å². The molecule has 5 rings (SSSR count). The van der Waals surface area contributed by atoms with Gasteiger partial charge in [0.2, 0.25) is 0 Å². The summed E-state index contributed by atoms with van der Waals surface area (Å²) in [6.07, 6.45) is 14.9. The van der Waals surface area contributed by atoms with Crippen molar-refractivity contribution in [2.45, 2.75) is 82.5 Å². The van der Waals surface area contributed by atoms with Gasteiger partial charge >= 0.3 is 0 Å². The van der Waals surface area contributed by atoms with Crippen molar-refractivity contribution in [1.82, 2.24) is 0 Å². The van der Waals surface area contributed by atoms with Crippen LogP contribution in [0.5, 0.6) is 11.5 Å². The lowest BCUT2D eigenvalue weighted by atomic mass is 9.67. The Morgan fingerprint density at radius 3 is 1.22 bits per heavy atom. The van der Waals surface area contributed by atoms with Gasteiger partial charge in [0.15, 0.2) is 0 Å². The second-order valence-corrected chi connectivity index (χ2v) is 12.4. The van der Waals surface area contributed by atoms with Crippen LogP contribution in [0.1, 0.15) is 88.2 Å². The van der Waals surface area contributed by atoms with Crippen molar-refractivity contribution < 1.29 is 19.7 Å². The molecule has 4 heteroatoms. The second-order valence-electron chi connectivity index (χ2n) is 12.4. The van der Waals surface area contributed by atoms with Crippen LogP contribution in [0.2, 0.25) is 0 Å². The van der Waals surface area contributed by atoms with Gasteiger partial charge < -0.3 is 19.7 Å². The molecule has 1 fully saturated rings. The summed E-state index contributed by atoms with van der Waals surface area (Å²) in [5.41, 5.74) is 6.80. The SMILES string of the molecule is OCCOc1ccc(C2(c3ccc(OCCO)c(-c4ccccc4)c3)CCCCCCCCCCCC2)cc1-c1ccccc1. The Labute approximate surface area is 270 Å². The number of aliphatic hydroxyl groups excluding tert-OH is 2. The lowest BCUT2D eigenvalue weighted by Crippen LogP contribution is -2.28. The van der Waals surface area contributed by atoms with Crippen molar-refractivity contribution in [1.29, 1.82) is 0 Å². The van der Waals surface area contributed by atoms with Crippen molar-refractivity contribution >= 4 is 0 Å². The summed E-state index contributed by atoms with van der Waals surface area (Å²) < 4.78 is 12.2. The number of hydrogen-bond donors (Lipinski definition) is 2. The molecule has 1 aliphatic rings. The van der Waals surface area contributed by atoms with E-state index in [1.165, 1.54) is 75.3 Å². The zero-order chi connectivity index (χ0) is 31.2. The van der Waals surface area contributed by atoms with Gasteiger partial charge in [-0.25, -0.2) is 0 Å². The van der Waals surface area contributed by atoms with E-state index in [9.17, 15) is 10.2 Å². The van der Waals surface area contributed by atoms with Gasteiger partial charge in [0, 0.05) is 16.5 Å². The molecule has 2 N–H and O–H groups in total. The van der Waals surface area contributed by atoms with E-state index in [2.05, 4.69) is 84.9 Å². The minimum Gasteiger partial charge on any atom is -0.491 e. The Hall–Kier alpha value is -3.60. The van der Waals surface area contributed by atoms with Crippen LogP contribution in [0.15, 0.2) is 97.1 Å². The van der Waals surface area contributed by atoms with Gasteiger partial charge in [0.25, 0.3) is 0 Å². The Kier molecular flexibility index (Phi) is 12.5. The molecule has 4 nitrogen and oxygen atoms in total. The fourth-order valence-electron chi connectivity index (χ4n) is 7.04. The van der Waals surface area contributed by atoms with Gasteiger partial charge in [0.1, 0.15) is 24.7 Å². The van der Waals surface area contributed by atoms with E-state index in [0.717, 1.165) is 46.6 Å². The molecule has 0 amide bonds. The van der Waals surface area contributed by atoms with Crippen molar-refractivity contribution in [3.05, 3.63) is 108 Å². The monoisotopic (exact) mass is 606 g/mol. The van der Waals surface area contributed by atoms with E-state index in [4.69, 9.17) is 9.47 Å². The number of ether oxygens (including phenoxy) is 2. The standard InChI is InChI=1S/C41H50O4/c42-27-29-44-39-23-21-35(31-37(39)33-17-11-9-12-18-33)41(25-15-7-5-3-1-2-4-6-8-16-26-41)36-22-24-40(45-30-28-43)38(32-36)34-19-13-10-14-20-34/h9-14,17-24,31-32,42-43H,1-8,15-16,25-30H2. The van der Waals surface area contributed by atoms with Gasteiger partial charge in [0.05, 0.1) is 13.2 Å². The van der Waals surface area contributed by atoms with E-state index in [1.807, 2.05) is 12.1 Å². The molecule has 0 heterocycles. The quantitative estimate of drug-likeness (QED) is 0.189. The summed E-state index contributed by atoms with van der Waals surface area (Å²) in [5.74, 6) is 1.60. The van der Waals surface area contributed by atoms with Gasteiger partial charge in [-0.1, -0.05) is 137 Å². The van der Waals surface area contributed by atoms with Gasteiger partial charge in [-0.3, -0.25) is 0 Å². The highest BCUT2D eigenvalue weighted by Crippen LogP contribution is 2.47. The normalized spacial score (nSPS) is 16.1. The van der Waals surface area contributed by atoms with Crippen LogP contribution in [0.25, 0.3) is 22.3 Å². The largest absolute Gasteiger partial charge is 0.491 e. The average molecular weight is 607 g/mol. The predicted octanol–water partition coefficient (Wildman–Crippen LogP) is 9.74. The van der Waals surface area contributed by atoms with Crippen LogP contribution < -0.4 is 9.47 Å². The maximum Gasteiger partial charge on any atom is 0.127 e. The number of rotatable bonds is 10. The van der Waals surface area contributed by atoms with E-state index in [0.29, 0.717) is 0 Å². The summed E-state index contributed by atoms with van der Waals surface area (Å²) >= 11 is 0. The summed E-state index contributed by atoms with van der Waals surface area (Å²) in [7, 11) is 0. The second kappa shape index (κ2) is 17.2. The first-order valence-electron chi connectivity index (χ1n) is 17.1. The molecule has 0 radical (unpaired) electrons. The highest BCUT2D eigenvalue weighted by Gasteiger charge is 2.35. The molecule has 0 spiro atoms. The van der Waals surface area contributed by atoms with E-state index >= 15 is 0 Å². The van der Waals surface area contributed by atoms with E-state index in [-0.39, 0.29) is 31.8 Å². The topological polar surface area (TPSA) is 58.9 Å². The molecule has 4 aromatic rings. The maximum absolute atomic E-state index is 9.55. The van der Waals surface area contributed by atoms with Crippen molar-refractivity contribution in [3.63, 3.8) is 0 Å². The van der Waals surface area contributed by atoms with Crippen molar-refractivity contribution in [2.75, 3.05) is 26.4 Å². The van der Waals surface area contributed by atoms with Gasteiger partial charge in [-0.05, 0) is 59.4 Å². The zero-order valence-electron chi connectivity index (χ0n) is 26.8. The average Bonchev–Trinajstić information content (AvgIpc) is 3.12. The fourth-order valence-corrected chi connectivity index (χ4v) is 7.04. The minimum absolute atomic E-state index is 0.0210. The Bertz CT molecular complexity index is 1320. The Morgan fingerprint density at radius 2 is 0.844 bits per heavy atom. The first kappa shape index (κ1) is 32.8. The molecule has 1 saturated carbocycles. The molecule has 0 atom stereocenters. The number of benzene rings is 4. The third-order valence-corrected chi connectivity index (χ3v) is 9.39. The molecule has 4 aromatic carbocycles. The molecule has 238 valence electrons. The molecule has 45 heavy (non-hydrogen) atoms. The fraction of sp³-hybridized carbons (Fsp3) is 0.415. The predicted molar refractivity (Wildman–Crippen MR) is 185 cm³/mol. The maximum atomic E-state index is 9.55. The van der Waals surface area contributed by atoms with Crippen LogP contribution in [0, 0.1) is 0 Å². The molecular formula is C41H50O4. The zero-order valence-corrected chi connectivity index (χ0v) is 26.8. The van der Waals surface area contributed by atoms with E-state index in [1.54, 1.807) is 0 Å². The summed E-state index contributed by atoms with van der Waals surface area (Å²) in [5, 5.41) is 19.1. The Morgan fingerprint density at radius 1 is 0.467 bits per heavy atom. The van der Waals surface area contributed by atoms with Crippen molar-refractivity contribution in [2.24, 2.45) is 0 Å².